The van der Waals surface area contributed by atoms with Gasteiger partial charge in [0.1, 0.15) is 6.04 Å². The smallest absolute Gasteiger partial charge is 0.327 e. The summed E-state index contributed by atoms with van der Waals surface area (Å²) in [7, 11) is 0. The van der Waals surface area contributed by atoms with Crippen LogP contribution in [0.5, 0.6) is 0 Å². The predicted octanol–water partition coefficient (Wildman–Crippen LogP) is 0.204. The minimum Gasteiger partial charge on any atom is -0.480 e. The van der Waals surface area contributed by atoms with Gasteiger partial charge in [0.05, 0.1) is 0 Å². The summed E-state index contributed by atoms with van der Waals surface area (Å²) in [5, 5.41) is 11.6. The van der Waals surface area contributed by atoms with E-state index in [2.05, 4.69) is 10.2 Å². The summed E-state index contributed by atoms with van der Waals surface area (Å²) in [6.45, 7) is 1.14. The third-order valence-electron chi connectivity index (χ3n) is 3.52. The highest BCUT2D eigenvalue weighted by Crippen LogP contribution is 2.24. The van der Waals surface area contributed by atoms with Crippen LogP contribution >= 0.6 is 0 Å². The van der Waals surface area contributed by atoms with E-state index in [1.165, 1.54) is 12.8 Å². The van der Waals surface area contributed by atoms with Gasteiger partial charge in [-0.2, -0.15) is 0 Å². The zero-order chi connectivity index (χ0) is 11.5. The Morgan fingerprint density at radius 3 is 2.69 bits per heavy atom. The van der Waals surface area contributed by atoms with Gasteiger partial charge < -0.3 is 10.4 Å². The molecule has 1 aliphatic carbocycles. The van der Waals surface area contributed by atoms with Gasteiger partial charge in [-0.25, -0.2) is 4.79 Å². The first-order chi connectivity index (χ1) is 7.66. The first kappa shape index (κ1) is 11.4. The first-order valence-electron chi connectivity index (χ1n) is 5.93. The van der Waals surface area contributed by atoms with Crippen LogP contribution in [0.25, 0.3) is 0 Å². The lowest BCUT2D eigenvalue weighted by atomic mass is 10.2. The Kier molecular flexibility index (Phi) is 3.43. The quantitative estimate of drug-likeness (QED) is 0.706. The molecule has 1 atom stereocenters. The van der Waals surface area contributed by atoms with Crippen molar-refractivity contribution in [3.05, 3.63) is 0 Å². The summed E-state index contributed by atoms with van der Waals surface area (Å²) in [4.78, 5) is 24.5. The minimum absolute atomic E-state index is 0.145. The number of rotatable bonds is 2. The van der Waals surface area contributed by atoms with E-state index < -0.39 is 12.0 Å². The molecule has 1 aliphatic heterocycles. The molecule has 0 spiro atoms. The van der Waals surface area contributed by atoms with Crippen LogP contribution in [-0.2, 0) is 9.59 Å². The zero-order valence-electron chi connectivity index (χ0n) is 9.32. The van der Waals surface area contributed by atoms with Gasteiger partial charge in [0.2, 0.25) is 5.91 Å². The summed E-state index contributed by atoms with van der Waals surface area (Å²) in [5.74, 6) is -1.08. The summed E-state index contributed by atoms with van der Waals surface area (Å²) in [6.07, 6.45) is 5.14. The van der Waals surface area contributed by atoms with Gasteiger partial charge in [0, 0.05) is 25.6 Å². The Labute approximate surface area is 94.8 Å². The predicted molar refractivity (Wildman–Crippen MR) is 58.0 cm³/mol. The van der Waals surface area contributed by atoms with Crippen molar-refractivity contribution in [3.8, 4) is 0 Å². The van der Waals surface area contributed by atoms with E-state index in [9.17, 15) is 9.59 Å². The van der Waals surface area contributed by atoms with Gasteiger partial charge in [0.25, 0.3) is 0 Å². The lowest BCUT2D eigenvalue weighted by Gasteiger charge is -2.28. The molecule has 0 aromatic carbocycles. The number of hydrogen-bond donors (Lipinski definition) is 2. The summed E-state index contributed by atoms with van der Waals surface area (Å²) >= 11 is 0. The van der Waals surface area contributed by atoms with Crippen molar-refractivity contribution in [2.24, 2.45) is 0 Å². The minimum atomic E-state index is -0.932. The second-order valence-electron chi connectivity index (χ2n) is 4.64. The Hall–Kier alpha value is -1.10. The van der Waals surface area contributed by atoms with Crippen LogP contribution in [0.4, 0.5) is 0 Å². The van der Waals surface area contributed by atoms with Crippen molar-refractivity contribution in [1.82, 2.24) is 10.2 Å². The highest BCUT2D eigenvalue weighted by Gasteiger charge is 2.31. The second kappa shape index (κ2) is 4.82. The number of nitrogens with zero attached hydrogens (tertiary/aromatic N) is 1. The Balaban J connectivity index is 2.02. The molecule has 90 valence electrons. The summed E-state index contributed by atoms with van der Waals surface area (Å²) in [5.41, 5.74) is 0. The standard InChI is InChI=1S/C11H18N2O3/c14-10-5-6-13(8-3-1-2-4-8)7-9(12-10)11(15)16/h8-9H,1-7H2,(H,12,14)(H,15,16). The lowest BCUT2D eigenvalue weighted by molar-refractivity contribution is -0.141. The average Bonchev–Trinajstić information content (AvgIpc) is 2.68. The van der Waals surface area contributed by atoms with Crippen molar-refractivity contribution in [3.63, 3.8) is 0 Å². The number of hydrogen-bond acceptors (Lipinski definition) is 3. The summed E-state index contributed by atoms with van der Waals surface area (Å²) in [6, 6.07) is -0.259. The Morgan fingerprint density at radius 2 is 2.06 bits per heavy atom. The van der Waals surface area contributed by atoms with Crippen LogP contribution in [0, 0.1) is 0 Å². The second-order valence-corrected chi connectivity index (χ2v) is 4.64. The molecule has 1 saturated carbocycles. The fraction of sp³-hybridized carbons (Fsp3) is 0.818. The van der Waals surface area contributed by atoms with Crippen molar-refractivity contribution >= 4 is 11.9 Å². The monoisotopic (exact) mass is 226 g/mol. The van der Waals surface area contributed by atoms with Crippen LogP contribution in [0.2, 0.25) is 0 Å². The fourth-order valence-electron chi connectivity index (χ4n) is 2.62. The van der Waals surface area contributed by atoms with Gasteiger partial charge in [-0.3, -0.25) is 9.69 Å². The molecule has 2 N–H and O–H groups in total. The average molecular weight is 226 g/mol. The summed E-state index contributed by atoms with van der Waals surface area (Å²) < 4.78 is 0. The Morgan fingerprint density at radius 1 is 1.38 bits per heavy atom. The molecule has 0 bridgehead atoms. The maximum Gasteiger partial charge on any atom is 0.327 e. The van der Waals surface area contributed by atoms with E-state index in [4.69, 9.17) is 5.11 Å². The SMILES string of the molecule is O=C1CCN(C2CCCC2)CC(C(=O)O)N1. The van der Waals surface area contributed by atoms with E-state index in [1.54, 1.807) is 0 Å². The topological polar surface area (TPSA) is 69.6 Å². The van der Waals surface area contributed by atoms with Crippen LogP contribution in [0.3, 0.4) is 0 Å². The molecule has 0 radical (unpaired) electrons. The first-order valence-corrected chi connectivity index (χ1v) is 5.93. The van der Waals surface area contributed by atoms with E-state index >= 15 is 0 Å². The normalized spacial score (nSPS) is 28.8. The van der Waals surface area contributed by atoms with E-state index in [-0.39, 0.29) is 5.91 Å². The molecule has 5 nitrogen and oxygen atoms in total. The van der Waals surface area contributed by atoms with Crippen molar-refractivity contribution < 1.29 is 14.7 Å². The van der Waals surface area contributed by atoms with Crippen LogP contribution in [-0.4, -0.2) is 47.1 Å². The highest BCUT2D eigenvalue weighted by molar-refractivity contribution is 5.84. The molecule has 0 aromatic rings. The van der Waals surface area contributed by atoms with Gasteiger partial charge in [-0.15, -0.1) is 0 Å². The largest absolute Gasteiger partial charge is 0.480 e. The number of amides is 1. The van der Waals surface area contributed by atoms with Gasteiger partial charge in [-0.1, -0.05) is 12.8 Å². The molecule has 1 saturated heterocycles. The number of carbonyl (C=O) groups is 2. The highest BCUT2D eigenvalue weighted by atomic mass is 16.4. The molecule has 2 fully saturated rings. The maximum atomic E-state index is 11.4. The molecular weight excluding hydrogens is 208 g/mol. The maximum absolute atomic E-state index is 11.4. The van der Waals surface area contributed by atoms with Crippen molar-refractivity contribution in [1.29, 1.82) is 0 Å². The van der Waals surface area contributed by atoms with Crippen molar-refractivity contribution in [2.75, 3.05) is 13.1 Å². The molecule has 1 amide bonds. The van der Waals surface area contributed by atoms with Crippen molar-refractivity contribution in [2.45, 2.75) is 44.2 Å². The molecule has 2 aliphatic rings. The Bertz CT molecular complexity index is 287. The molecule has 1 unspecified atom stereocenters. The fourth-order valence-corrected chi connectivity index (χ4v) is 2.62. The number of carboxylic acids is 1. The lowest BCUT2D eigenvalue weighted by Crippen LogP contribution is -2.46. The molecule has 5 heteroatoms. The molecule has 2 rings (SSSR count). The zero-order valence-corrected chi connectivity index (χ0v) is 9.32. The van der Waals surface area contributed by atoms with Gasteiger partial charge in [-0.05, 0) is 12.8 Å². The molecule has 0 aromatic heterocycles. The third kappa shape index (κ3) is 2.52. The van der Waals surface area contributed by atoms with Crippen LogP contribution < -0.4 is 5.32 Å². The van der Waals surface area contributed by atoms with E-state index in [0.29, 0.717) is 25.6 Å². The third-order valence-corrected chi connectivity index (χ3v) is 3.52. The van der Waals surface area contributed by atoms with E-state index in [0.717, 1.165) is 12.8 Å². The number of aliphatic carboxylic acids is 1. The number of nitrogens with one attached hydrogen (secondary N) is 1. The van der Waals surface area contributed by atoms with Crippen LogP contribution in [0.15, 0.2) is 0 Å². The van der Waals surface area contributed by atoms with Crippen LogP contribution in [0.1, 0.15) is 32.1 Å². The van der Waals surface area contributed by atoms with Gasteiger partial charge in [0.15, 0.2) is 0 Å². The molecular formula is C11H18N2O3. The molecule has 16 heavy (non-hydrogen) atoms. The van der Waals surface area contributed by atoms with E-state index in [1.807, 2.05) is 0 Å². The number of carboxylic acid groups (broad SMARTS) is 1. The molecule has 1 heterocycles. The van der Waals surface area contributed by atoms with Gasteiger partial charge >= 0.3 is 5.97 Å². The number of carbonyl (C=O) groups excluding carboxylic acids is 1.